The van der Waals surface area contributed by atoms with Gasteiger partial charge in [0.15, 0.2) is 11.5 Å². The van der Waals surface area contributed by atoms with Gasteiger partial charge in [-0.1, -0.05) is 158 Å². The van der Waals surface area contributed by atoms with Gasteiger partial charge in [0.25, 0.3) is 0 Å². The van der Waals surface area contributed by atoms with Crippen LogP contribution in [0.15, 0.2) is 218 Å². The first-order valence-electron chi connectivity index (χ1n) is 21.4. The summed E-state index contributed by atoms with van der Waals surface area (Å²) >= 11 is 0. The predicted octanol–water partition coefficient (Wildman–Crippen LogP) is 15.5. The van der Waals surface area contributed by atoms with Gasteiger partial charge < -0.3 is 14.2 Å². The monoisotopic (exact) mass is 788 g/mol. The molecule has 0 fully saturated rings. The fourth-order valence-corrected chi connectivity index (χ4v) is 11.2. The van der Waals surface area contributed by atoms with Crippen molar-refractivity contribution in [1.82, 2.24) is 4.57 Å². The number of hydrogen-bond donors (Lipinski definition) is 0. The second-order valence-electron chi connectivity index (χ2n) is 16.8. The van der Waals surface area contributed by atoms with E-state index in [-0.39, 0.29) is 0 Å². The summed E-state index contributed by atoms with van der Waals surface area (Å²) in [7, 11) is 0. The van der Waals surface area contributed by atoms with Gasteiger partial charge in [0.05, 0.1) is 22.1 Å². The fraction of sp³-hybridized carbons (Fsp3) is 0.0169. The van der Waals surface area contributed by atoms with Crippen LogP contribution in [0.5, 0.6) is 11.5 Å². The Morgan fingerprint density at radius 1 is 0.371 bits per heavy atom. The molecule has 0 amide bonds. The zero-order valence-electron chi connectivity index (χ0n) is 33.6. The van der Waals surface area contributed by atoms with Gasteiger partial charge in [0, 0.05) is 27.8 Å². The topological polar surface area (TPSA) is 17.4 Å². The van der Waals surface area contributed by atoms with Crippen LogP contribution in [0.2, 0.25) is 0 Å². The summed E-state index contributed by atoms with van der Waals surface area (Å²) < 4.78 is 8.92. The van der Waals surface area contributed by atoms with Crippen molar-refractivity contribution in [1.29, 1.82) is 0 Å². The lowest BCUT2D eigenvalue weighted by atomic mass is 9.70. The van der Waals surface area contributed by atoms with Crippen molar-refractivity contribution in [3.8, 4) is 50.6 Å². The molecule has 0 radical (unpaired) electrons. The SMILES string of the molecule is c1ccc2c(c1)-c1ccccc1C21c2ccccc2-c2ccc(N(c3ccc(-c4ccc5c(c4)-n4c6ccccc6c6cccc(c64)O5)cc3)c3ccc4ccccc4c3)cc21. The summed E-state index contributed by atoms with van der Waals surface area (Å²) in [6, 6.07) is 80.4. The maximum Gasteiger partial charge on any atom is 0.152 e. The van der Waals surface area contributed by atoms with Crippen LogP contribution >= 0.6 is 0 Å². The molecular formula is C59H36N2O. The van der Waals surface area contributed by atoms with E-state index < -0.39 is 5.41 Å². The number of nitrogens with zero attached hydrogens (tertiary/aromatic N) is 2. The van der Waals surface area contributed by atoms with E-state index in [2.05, 4.69) is 228 Å². The number of aromatic nitrogens is 1. The molecule has 0 unspecified atom stereocenters. The summed E-state index contributed by atoms with van der Waals surface area (Å²) in [6.07, 6.45) is 0. The molecular weight excluding hydrogens is 753 g/mol. The van der Waals surface area contributed by atoms with E-state index in [9.17, 15) is 0 Å². The highest BCUT2D eigenvalue weighted by atomic mass is 16.5. The van der Waals surface area contributed by atoms with Crippen molar-refractivity contribution in [3.05, 3.63) is 241 Å². The van der Waals surface area contributed by atoms with Crippen LogP contribution in [-0.4, -0.2) is 4.57 Å². The van der Waals surface area contributed by atoms with E-state index in [4.69, 9.17) is 4.74 Å². The molecule has 2 heterocycles. The summed E-state index contributed by atoms with van der Waals surface area (Å²) in [6.45, 7) is 0. The summed E-state index contributed by atoms with van der Waals surface area (Å²) in [5.74, 6) is 1.75. The molecule has 0 bridgehead atoms. The maximum atomic E-state index is 6.55. The van der Waals surface area contributed by atoms with Crippen molar-refractivity contribution in [2.75, 3.05) is 4.90 Å². The Labute approximate surface area is 359 Å². The minimum atomic E-state index is -0.429. The minimum Gasteiger partial charge on any atom is -0.453 e. The molecule has 1 spiro atoms. The summed E-state index contributed by atoms with van der Waals surface area (Å²) in [5, 5.41) is 4.86. The highest BCUT2D eigenvalue weighted by molar-refractivity contribution is 6.12. The minimum absolute atomic E-state index is 0.429. The van der Waals surface area contributed by atoms with E-state index in [0.717, 1.165) is 50.9 Å². The molecule has 0 N–H and O–H groups in total. The maximum absolute atomic E-state index is 6.55. The Bertz CT molecular complexity index is 3620. The van der Waals surface area contributed by atoms with Crippen molar-refractivity contribution in [2.45, 2.75) is 5.41 Å². The van der Waals surface area contributed by atoms with Crippen LogP contribution in [-0.2, 0) is 5.41 Å². The van der Waals surface area contributed by atoms with Crippen LogP contribution in [0.25, 0.3) is 71.6 Å². The van der Waals surface area contributed by atoms with E-state index in [1.807, 2.05) is 0 Å². The van der Waals surface area contributed by atoms with Gasteiger partial charge >= 0.3 is 0 Å². The van der Waals surface area contributed by atoms with E-state index in [1.54, 1.807) is 0 Å². The molecule has 0 saturated heterocycles. The van der Waals surface area contributed by atoms with Crippen molar-refractivity contribution in [3.63, 3.8) is 0 Å². The van der Waals surface area contributed by atoms with E-state index >= 15 is 0 Å². The zero-order valence-corrected chi connectivity index (χ0v) is 33.6. The third kappa shape index (κ3) is 4.44. The Hall–Kier alpha value is -8.14. The highest BCUT2D eigenvalue weighted by Crippen LogP contribution is 2.63. The second kappa shape index (κ2) is 12.4. The van der Waals surface area contributed by atoms with Crippen molar-refractivity contribution in [2.24, 2.45) is 0 Å². The molecule has 62 heavy (non-hydrogen) atoms. The molecule has 3 heteroatoms. The van der Waals surface area contributed by atoms with Crippen molar-refractivity contribution >= 4 is 49.6 Å². The molecule has 3 nitrogen and oxygen atoms in total. The Balaban J connectivity index is 0.938. The Morgan fingerprint density at radius 3 is 1.71 bits per heavy atom. The van der Waals surface area contributed by atoms with E-state index in [1.165, 1.54) is 71.6 Å². The Kier molecular flexibility index (Phi) is 6.76. The molecule has 11 aromatic rings. The van der Waals surface area contributed by atoms with Crippen LogP contribution in [0.3, 0.4) is 0 Å². The molecule has 1 aromatic heterocycles. The zero-order chi connectivity index (χ0) is 40.5. The number of para-hydroxylation sites is 2. The number of hydrogen-bond acceptors (Lipinski definition) is 2. The number of benzene rings is 10. The lowest BCUT2D eigenvalue weighted by molar-refractivity contribution is 0.476. The quantitative estimate of drug-likeness (QED) is 0.177. The number of ether oxygens (including phenoxy) is 1. The third-order valence-corrected chi connectivity index (χ3v) is 13.8. The lowest BCUT2D eigenvalue weighted by Gasteiger charge is -2.32. The number of rotatable bonds is 4. The molecule has 3 aliphatic rings. The molecule has 1 aliphatic heterocycles. The van der Waals surface area contributed by atoms with Crippen LogP contribution in [0, 0.1) is 0 Å². The molecule has 0 saturated carbocycles. The second-order valence-corrected chi connectivity index (χ2v) is 16.8. The average molecular weight is 789 g/mol. The first-order chi connectivity index (χ1) is 30.7. The highest BCUT2D eigenvalue weighted by Gasteiger charge is 2.51. The largest absolute Gasteiger partial charge is 0.453 e. The smallest absolute Gasteiger partial charge is 0.152 e. The van der Waals surface area contributed by atoms with E-state index in [0.29, 0.717) is 0 Å². The van der Waals surface area contributed by atoms with Gasteiger partial charge in [-0.3, -0.25) is 0 Å². The van der Waals surface area contributed by atoms with Gasteiger partial charge in [-0.05, 0) is 127 Å². The molecule has 288 valence electrons. The predicted molar refractivity (Wildman–Crippen MR) is 255 cm³/mol. The van der Waals surface area contributed by atoms with Gasteiger partial charge in [-0.15, -0.1) is 0 Å². The first-order valence-corrected chi connectivity index (χ1v) is 21.4. The molecule has 0 atom stereocenters. The Morgan fingerprint density at radius 2 is 0.952 bits per heavy atom. The first kappa shape index (κ1) is 33.7. The van der Waals surface area contributed by atoms with Gasteiger partial charge in [0.2, 0.25) is 0 Å². The molecule has 10 aromatic carbocycles. The molecule has 14 rings (SSSR count). The van der Waals surface area contributed by atoms with Gasteiger partial charge in [-0.25, -0.2) is 0 Å². The standard InChI is InChI=1S/C59H36N2O/c1-2-13-39-34-42(30-26-37(39)12-1)60(43-31-32-47-46-16-5-9-21-52(46)59(53(47)36-43)50-19-7-3-14-44(50)45-15-4-8-20-51(45)59)41-28-24-38(25-29-41)40-27-33-56-55(35-40)61-54-22-10-6-17-48(54)49-18-11-23-57(62-56)58(49)61/h1-36H. The fourth-order valence-electron chi connectivity index (χ4n) is 11.2. The molecule has 2 aliphatic carbocycles. The van der Waals surface area contributed by atoms with Gasteiger partial charge in [-0.2, -0.15) is 0 Å². The van der Waals surface area contributed by atoms with Crippen LogP contribution in [0.4, 0.5) is 17.1 Å². The van der Waals surface area contributed by atoms with Crippen LogP contribution < -0.4 is 9.64 Å². The third-order valence-electron chi connectivity index (χ3n) is 13.8. The normalized spacial score (nSPS) is 13.4. The number of anilines is 3. The average Bonchev–Trinajstić information content (AvgIpc) is 3.95. The summed E-state index contributed by atoms with van der Waals surface area (Å²) in [5.41, 5.74) is 19.1. The van der Waals surface area contributed by atoms with Crippen LogP contribution in [0.1, 0.15) is 22.3 Å². The van der Waals surface area contributed by atoms with Gasteiger partial charge in [0.1, 0.15) is 0 Å². The number of fused-ring (bicyclic) bond motifs is 16. The van der Waals surface area contributed by atoms with Crippen molar-refractivity contribution < 1.29 is 4.74 Å². The summed E-state index contributed by atoms with van der Waals surface area (Å²) in [4.78, 5) is 2.43. The lowest BCUT2D eigenvalue weighted by Crippen LogP contribution is -2.26.